The summed E-state index contributed by atoms with van der Waals surface area (Å²) in [4.78, 5) is 2.28. The standard InChI is InChI=1S/C11H23F3N2/c1-3-16(4-2)10-9-15-8-6-5-7-11(12,13)14/h15H,3-10H2,1-2H3. The summed E-state index contributed by atoms with van der Waals surface area (Å²) in [5, 5.41) is 3.16. The summed E-state index contributed by atoms with van der Waals surface area (Å²) < 4.78 is 35.4. The van der Waals surface area contributed by atoms with Gasteiger partial charge in [-0.1, -0.05) is 13.8 Å². The molecule has 0 spiro atoms. The van der Waals surface area contributed by atoms with Gasteiger partial charge < -0.3 is 10.2 Å². The topological polar surface area (TPSA) is 15.3 Å². The molecule has 0 heterocycles. The SMILES string of the molecule is CCN(CC)CCNCCCCC(F)(F)F. The zero-order chi connectivity index (χ0) is 12.4. The van der Waals surface area contributed by atoms with Crippen molar-refractivity contribution in [2.24, 2.45) is 0 Å². The van der Waals surface area contributed by atoms with Crippen LogP contribution in [0.5, 0.6) is 0 Å². The zero-order valence-electron chi connectivity index (χ0n) is 10.2. The number of likely N-dealkylation sites (N-methyl/N-ethyl adjacent to an activating group) is 1. The highest BCUT2D eigenvalue weighted by molar-refractivity contribution is 4.57. The first-order valence-electron chi connectivity index (χ1n) is 5.99. The molecule has 2 nitrogen and oxygen atoms in total. The fourth-order valence-corrected chi connectivity index (χ4v) is 1.48. The van der Waals surface area contributed by atoms with E-state index in [0.29, 0.717) is 13.0 Å². The molecule has 0 bridgehead atoms. The number of halogens is 3. The summed E-state index contributed by atoms with van der Waals surface area (Å²) in [7, 11) is 0. The summed E-state index contributed by atoms with van der Waals surface area (Å²) in [6.07, 6.45) is -3.84. The quantitative estimate of drug-likeness (QED) is 0.623. The monoisotopic (exact) mass is 240 g/mol. The van der Waals surface area contributed by atoms with Gasteiger partial charge in [-0.05, 0) is 32.5 Å². The lowest BCUT2D eigenvalue weighted by Crippen LogP contribution is -2.32. The first-order chi connectivity index (χ1) is 7.49. The van der Waals surface area contributed by atoms with Gasteiger partial charge in [-0.3, -0.25) is 0 Å². The maximum atomic E-state index is 11.8. The average molecular weight is 240 g/mol. The Balaban J connectivity index is 3.21. The Morgan fingerprint density at radius 2 is 1.62 bits per heavy atom. The lowest BCUT2D eigenvalue weighted by Gasteiger charge is -2.17. The lowest BCUT2D eigenvalue weighted by molar-refractivity contribution is -0.135. The number of hydrogen-bond acceptors (Lipinski definition) is 2. The molecule has 0 radical (unpaired) electrons. The summed E-state index contributed by atoms with van der Waals surface area (Å²) in [5.74, 6) is 0. The van der Waals surface area contributed by atoms with Crippen LogP contribution in [0.15, 0.2) is 0 Å². The highest BCUT2D eigenvalue weighted by Crippen LogP contribution is 2.21. The molecular weight excluding hydrogens is 217 g/mol. The Morgan fingerprint density at radius 1 is 1.00 bits per heavy atom. The van der Waals surface area contributed by atoms with E-state index in [1.54, 1.807) is 0 Å². The van der Waals surface area contributed by atoms with Crippen molar-refractivity contribution in [3.63, 3.8) is 0 Å². The lowest BCUT2D eigenvalue weighted by atomic mass is 10.2. The molecule has 16 heavy (non-hydrogen) atoms. The predicted octanol–water partition coefficient (Wildman–Crippen LogP) is 2.65. The highest BCUT2D eigenvalue weighted by atomic mass is 19.4. The van der Waals surface area contributed by atoms with Crippen LogP contribution in [-0.2, 0) is 0 Å². The van der Waals surface area contributed by atoms with Gasteiger partial charge in [0.2, 0.25) is 0 Å². The molecule has 0 aromatic carbocycles. The van der Waals surface area contributed by atoms with E-state index < -0.39 is 12.6 Å². The van der Waals surface area contributed by atoms with Crippen molar-refractivity contribution in [2.75, 3.05) is 32.7 Å². The molecule has 0 fully saturated rings. The third-order valence-electron chi connectivity index (χ3n) is 2.56. The van der Waals surface area contributed by atoms with Crippen LogP contribution in [0, 0.1) is 0 Å². The smallest absolute Gasteiger partial charge is 0.315 e. The van der Waals surface area contributed by atoms with Gasteiger partial charge in [0.1, 0.15) is 0 Å². The van der Waals surface area contributed by atoms with Crippen molar-refractivity contribution in [3.8, 4) is 0 Å². The van der Waals surface area contributed by atoms with Gasteiger partial charge in [-0.25, -0.2) is 0 Å². The molecule has 0 aliphatic carbocycles. The number of nitrogens with zero attached hydrogens (tertiary/aromatic N) is 1. The van der Waals surface area contributed by atoms with Crippen LogP contribution < -0.4 is 5.32 Å². The highest BCUT2D eigenvalue weighted by Gasteiger charge is 2.25. The van der Waals surface area contributed by atoms with Gasteiger partial charge in [0.25, 0.3) is 0 Å². The number of alkyl halides is 3. The second kappa shape index (κ2) is 8.82. The third-order valence-corrected chi connectivity index (χ3v) is 2.56. The minimum Gasteiger partial charge on any atom is -0.315 e. The van der Waals surface area contributed by atoms with E-state index in [-0.39, 0.29) is 6.42 Å². The van der Waals surface area contributed by atoms with Crippen LogP contribution >= 0.6 is 0 Å². The Hall–Kier alpha value is -0.290. The van der Waals surface area contributed by atoms with E-state index >= 15 is 0 Å². The minimum atomic E-state index is -4.00. The average Bonchev–Trinajstić information content (AvgIpc) is 2.21. The van der Waals surface area contributed by atoms with Gasteiger partial charge in [0, 0.05) is 19.5 Å². The summed E-state index contributed by atoms with van der Waals surface area (Å²) >= 11 is 0. The molecule has 5 heteroatoms. The number of rotatable bonds is 9. The molecule has 0 unspecified atom stereocenters. The van der Waals surface area contributed by atoms with Crippen LogP contribution in [0.4, 0.5) is 13.2 Å². The van der Waals surface area contributed by atoms with Gasteiger partial charge in [-0.15, -0.1) is 0 Å². The fourth-order valence-electron chi connectivity index (χ4n) is 1.48. The normalized spacial score (nSPS) is 12.4. The van der Waals surface area contributed by atoms with E-state index in [9.17, 15) is 13.2 Å². The van der Waals surface area contributed by atoms with E-state index in [1.165, 1.54) is 0 Å². The fraction of sp³-hybridized carbons (Fsp3) is 1.00. The Morgan fingerprint density at radius 3 is 2.12 bits per heavy atom. The van der Waals surface area contributed by atoms with Crippen molar-refractivity contribution in [1.29, 1.82) is 0 Å². The van der Waals surface area contributed by atoms with Crippen LogP contribution in [0.1, 0.15) is 33.1 Å². The zero-order valence-corrected chi connectivity index (χ0v) is 10.2. The second-order valence-electron chi connectivity index (χ2n) is 3.85. The molecule has 98 valence electrons. The molecule has 1 N–H and O–H groups in total. The largest absolute Gasteiger partial charge is 0.389 e. The van der Waals surface area contributed by atoms with E-state index in [2.05, 4.69) is 24.1 Å². The Labute approximate surface area is 96.2 Å². The first kappa shape index (κ1) is 15.7. The molecule has 0 saturated heterocycles. The molecule has 0 aliphatic heterocycles. The van der Waals surface area contributed by atoms with Gasteiger partial charge in [0.05, 0.1) is 0 Å². The predicted molar refractivity (Wildman–Crippen MR) is 60.6 cm³/mol. The van der Waals surface area contributed by atoms with E-state index in [0.717, 1.165) is 26.2 Å². The second-order valence-corrected chi connectivity index (χ2v) is 3.85. The van der Waals surface area contributed by atoms with Gasteiger partial charge in [-0.2, -0.15) is 13.2 Å². The molecule has 0 amide bonds. The van der Waals surface area contributed by atoms with Crippen LogP contribution in [-0.4, -0.2) is 43.8 Å². The molecule has 0 rings (SSSR count). The molecular formula is C11H23F3N2. The maximum absolute atomic E-state index is 11.8. The summed E-state index contributed by atoms with van der Waals surface area (Å²) in [6, 6.07) is 0. The van der Waals surface area contributed by atoms with Crippen LogP contribution in [0.3, 0.4) is 0 Å². The van der Waals surface area contributed by atoms with Crippen LogP contribution in [0.25, 0.3) is 0 Å². The maximum Gasteiger partial charge on any atom is 0.389 e. The molecule has 0 aromatic heterocycles. The van der Waals surface area contributed by atoms with E-state index in [1.807, 2.05) is 0 Å². The molecule has 0 aromatic rings. The number of nitrogens with one attached hydrogen (secondary N) is 1. The van der Waals surface area contributed by atoms with Crippen molar-refractivity contribution in [2.45, 2.75) is 39.3 Å². The minimum absolute atomic E-state index is 0.224. The number of unbranched alkanes of at least 4 members (excludes halogenated alkanes) is 1. The summed E-state index contributed by atoms with van der Waals surface area (Å²) in [5.41, 5.74) is 0. The number of hydrogen-bond donors (Lipinski definition) is 1. The molecule has 0 atom stereocenters. The van der Waals surface area contributed by atoms with Gasteiger partial charge >= 0.3 is 6.18 Å². The van der Waals surface area contributed by atoms with Gasteiger partial charge in [0.15, 0.2) is 0 Å². The van der Waals surface area contributed by atoms with E-state index in [4.69, 9.17) is 0 Å². The van der Waals surface area contributed by atoms with Crippen molar-refractivity contribution in [3.05, 3.63) is 0 Å². The van der Waals surface area contributed by atoms with Crippen molar-refractivity contribution < 1.29 is 13.2 Å². The molecule has 0 aliphatic rings. The Kier molecular flexibility index (Phi) is 8.66. The van der Waals surface area contributed by atoms with Crippen molar-refractivity contribution in [1.82, 2.24) is 10.2 Å². The van der Waals surface area contributed by atoms with Crippen molar-refractivity contribution >= 4 is 0 Å². The molecule has 0 saturated carbocycles. The van der Waals surface area contributed by atoms with Crippen LogP contribution in [0.2, 0.25) is 0 Å². The first-order valence-corrected chi connectivity index (χ1v) is 5.99. The Bertz CT molecular complexity index is 156. The third kappa shape index (κ3) is 10.2. The summed E-state index contributed by atoms with van der Waals surface area (Å²) in [6.45, 7) is 8.75.